The number of likely N-dealkylation sites (tertiary alicyclic amines) is 1. The molecule has 4 aliphatic rings. The van der Waals surface area contributed by atoms with Crippen molar-refractivity contribution in [2.24, 2.45) is 17.8 Å². The van der Waals surface area contributed by atoms with Gasteiger partial charge in [-0.25, -0.2) is 13.2 Å². The van der Waals surface area contributed by atoms with Crippen molar-refractivity contribution in [3.63, 3.8) is 0 Å². The minimum atomic E-state index is -3.76. The van der Waals surface area contributed by atoms with Gasteiger partial charge in [-0.1, -0.05) is 30.3 Å². The third-order valence-electron chi connectivity index (χ3n) is 7.77. The van der Waals surface area contributed by atoms with Gasteiger partial charge in [0.1, 0.15) is 0 Å². The highest BCUT2D eigenvalue weighted by Gasteiger charge is 2.54. The van der Waals surface area contributed by atoms with Crippen LogP contribution in [0, 0.1) is 17.8 Å². The van der Waals surface area contributed by atoms with E-state index >= 15 is 0 Å². The third-order valence-corrected chi connectivity index (χ3v) is 9.66. The standard InChI is InChI=1S/C24H26N4O4S/c29-23-18-10-17(7-8-21(18)25-24(30)26-23)33(31,32)28-12-16-6-9-22(28)20-14-27(13-19(16)20)11-15-4-2-1-3-5-15/h1-5,7-8,10,16,19-20,22H,6,9,11-14H2,(H2,25,26,29,30). The lowest BCUT2D eigenvalue weighted by atomic mass is 9.68. The Balaban J connectivity index is 1.29. The number of benzene rings is 2. The lowest BCUT2D eigenvalue weighted by Crippen LogP contribution is -2.58. The van der Waals surface area contributed by atoms with Crippen LogP contribution >= 0.6 is 0 Å². The second-order valence-corrected chi connectivity index (χ2v) is 11.5. The van der Waals surface area contributed by atoms with Crippen molar-refractivity contribution in [1.82, 2.24) is 19.2 Å². The first-order valence-electron chi connectivity index (χ1n) is 11.4. The Morgan fingerprint density at radius 1 is 0.909 bits per heavy atom. The van der Waals surface area contributed by atoms with Crippen LogP contribution in [0.5, 0.6) is 0 Å². The predicted octanol–water partition coefficient (Wildman–Crippen LogP) is 1.75. The molecule has 33 heavy (non-hydrogen) atoms. The maximum Gasteiger partial charge on any atom is 0.326 e. The van der Waals surface area contributed by atoms with Crippen molar-refractivity contribution >= 4 is 20.9 Å². The van der Waals surface area contributed by atoms with Gasteiger partial charge in [-0.15, -0.1) is 0 Å². The largest absolute Gasteiger partial charge is 0.326 e. The van der Waals surface area contributed by atoms with Crippen molar-refractivity contribution in [3.8, 4) is 0 Å². The van der Waals surface area contributed by atoms with E-state index < -0.39 is 21.3 Å². The van der Waals surface area contributed by atoms with Crippen molar-refractivity contribution < 1.29 is 8.42 Å². The summed E-state index contributed by atoms with van der Waals surface area (Å²) < 4.78 is 29.1. The first-order chi connectivity index (χ1) is 15.9. The van der Waals surface area contributed by atoms with Crippen LogP contribution in [0.15, 0.2) is 63.0 Å². The number of fused-ring (bicyclic) bond motifs is 3. The van der Waals surface area contributed by atoms with Gasteiger partial charge in [0.2, 0.25) is 10.0 Å². The molecule has 8 nitrogen and oxygen atoms in total. The predicted molar refractivity (Wildman–Crippen MR) is 124 cm³/mol. The molecule has 7 rings (SSSR count). The van der Waals surface area contributed by atoms with E-state index in [0.717, 1.165) is 32.5 Å². The molecule has 0 spiro atoms. The molecule has 0 amide bonds. The molecule has 4 heterocycles. The zero-order chi connectivity index (χ0) is 22.7. The number of rotatable bonds is 4. The number of nitrogens with zero attached hydrogens (tertiary/aromatic N) is 2. The van der Waals surface area contributed by atoms with Gasteiger partial charge in [-0.3, -0.25) is 14.7 Å². The third kappa shape index (κ3) is 3.46. The first kappa shape index (κ1) is 20.8. The van der Waals surface area contributed by atoms with E-state index in [4.69, 9.17) is 0 Å². The molecule has 3 aliphatic heterocycles. The van der Waals surface area contributed by atoms with Crippen molar-refractivity contribution in [2.75, 3.05) is 19.6 Å². The summed E-state index contributed by atoms with van der Waals surface area (Å²) in [5, 5.41) is 0.172. The van der Waals surface area contributed by atoms with Gasteiger partial charge in [0.25, 0.3) is 5.56 Å². The Hall–Kier alpha value is -2.75. The van der Waals surface area contributed by atoms with Crippen molar-refractivity contribution in [2.45, 2.75) is 30.3 Å². The van der Waals surface area contributed by atoms with Gasteiger partial charge in [-0.2, -0.15) is 4.31 Å². The molecular formula is C24H26N4O4S. The molecule has 1 saturated carbocycles. The molecule has 4 atom stereocenters. The molecule has 1 aliphatic carbocycles. The molecule has 2 aromatic carbocycles. The summed E-state index contributed by atoms with van der Waals surface area (Å²) >= 11 is 0. The molecule has 1 aromatic heterocycles. The van der Waals surface area contributed by atoms with Gasteiger partial charge in [0, 0.05) is 32.2 Å². The number of piperidine rings is 2. The van der Waals surface area contributed by atoms with Crippen LogP contribution < -0.4 is 11.2 Å². The quantitative estimate of drug-likeness (QED) is 0.609. The summed E-state index contributed by atoms with van der Waals surface area (Å²) in [6.45, 7) is 3.36. The van der Waals surface area contributed by atoms with E-state index in [9.17, 15) is 18.0 Å². The number of hydrogen-bond acceptors (Lipinski definition) is 5. The molecular weight excluding hydrogens is 440 g/mol. The van der Waals surface area contributed by atoms with Crippen LogP contribution in [-0.4, -0.2) is 53.3 Å². The summed E-state index contributed by atoms with van der Waals surface area (Å²) in [4.78, 5) is 31.1. The summed E-state index contributed by atoms with van der Waals surface area (Å²) in [5.74, 6) is 1.22. The van der Waals surface area contributed by atoms with Gasteiger partial charge in [0.05, 0.1) is 15.8 Å². The average Bonchev–Trinajstić information content (AvgIpc) is 3.25. The second kappa shape index (κ2) is 7.65. The number of hydrogen-bond donors (Lipinski definition) is 2. The molecule has 4 fully saturated rings. The first-order valence-corrected chi connectivity index (χ1v) is 12.9. The van der Waals surface area contributed by atoms with Crippen molar-refractivity contribution in [3.05, 3.63) is 74.9 Å². The minimum Gasteiger partial charge on any atom is -0.307 e. The highest BCUT2D eigenvalue weighted by atomic mass is 32.2. The highest BCUT2D eigenvalue weighted by Crippen LogP contribution is 2.49. The monoisotopic (exact) mass is 466 g/mol. The molecule has 2 bridgehead atoms. The van der Waals surface area contributed by atoms with E-state index in [1.54, 1.807) is 4.31 Å². The smallest absolute Gasteiger partial charge is 0.307 e. The Bertz CT molecular complexity index is 1430. The summed E-state index contributed by atoms with van der Waals surface area (Å²) in [6.07, 6.45) is 1.95. The number of aromatic amines is 2. The zero-order valence-corrected chi connectivity index (χ0v) is 18.9. The topological polar surface area (TPSA) is 106 Å². The molecule has 3 aromatic rings. The van der Waals surface area contributed by atoms with E-state index in [2.05, 4.69) is 39.1 Å². The lowest BCUT2D eigenvalue weighted by Gasteiger charge is -2.51. The average molecular weight is 467 g/mol. The Morgan fingerprint density at radius 3 is 2.52 bits per heavy atom. The van der Waals surface area contributed by atoms with Crippen LogP contribution in [-0.2, 0) is 16.6 Å². The fourth-order valence-corrected chi connectivity index (χ4v) is 8.08. The Labute approximate surface area is 191 Å². The maximum atomic E-state index is 13.7. The lowest BCUT2D eigenvalue weighted by molar-refractivity contribution is 0.0265. The SMILES string of the molecule is O=c1[nH]c(=O)c2cc(S(=O)(=O)N3CC4CCC3C3CN(Cc5ccccc5)CC43)ccc2[nH]1. The van der Waals surface area contributed by atoms with E-state index in [1.807, 2.05) is 6.07 Å². The second-order valence-electron chi connectivity index (χ2n) is 9.60. The summed E-state index contributed by atoms with van der Waals surface area (Å²) in [6, 6.07) is 14.8. The Kier molecular flexibility index (Phi) is 4.83. The van der Waals surface area contributed by atoms with Crippen LogP contribution in [0.4, 0.5) is 0 Å². The molecule has 172 valence electrons. The van der Waals surface area contributed by atoms with Crippen LogP contribution in [0.25, 0.3) is 10.9 Å². The molecule has 0 radical (unpaired) electrons. The van der Waals surface area contributed by atoms with E-state index in [0.29, 0.717) is 29.8 Å². The number of aromatic nitrogens is 2. The van der Waals surface area contributed by atoms with Crippen LogP contribution in [0.1, 0.15) is 18.4 Å². The highest BCUT2D eigenvalue weighted by molar-refractivity contribution is 7.89. The number of nitrogens with one attached hydrogen (secondary N) is 2. The fraction of sp³-hybridized carbons (Fsp3) is 0.417. The number of sulfonamides is 1. The van der Waals surface area contributed by atoms with Crippen molar-refractivity contribution in [1.29, 1.82) is 0 Å². The van der Waals surface area contributed by atoms with Gasteiger partial charge >= 0.3 is 5.69 Å². The summed E-state index contributed by atoms with van der Waals surface area (Å²) in [7, 11) is -3.76. The van der Waals surface area contributed by atoms with Gasteiger partial charge in [0.15, 0.2) is 0 Å². The van der Waals surface area contributed by atoms with Gasteiger partial charge in [-0.05, 0) is 54.4 Å². The molecule has 2 N–H and O–H groups in total. The molecule has 9 heteroatoms. The van der Waals surface area contributed by atoms with Crippen LogP contribution in [0.2, 0.25) is 0 Å². The molecule has 4 unspecified atom stereocenters. The normalized spacial score (nSPS) is 27.8. The van der Waals surface area contributed by atoms with Gasteiger partial charge < -0.3 is 4.98 Å². The maximum absolute atomic E-state index is 13.7. The molecule has 3 saturated heterocycles. The Morgan fingerprint density at radius 2 is 1.70 bits per heavy atom. The number of H-pyrrole nitrogens is 2. The van der Waals surface area contributed by atoms with Crippen LogP contribution in [0.3, 0.4) is 0 Å². The summed E-state index contributed by atoms with van der Waals surface area (Å²) in [5.41, 5.74) is 0.421. The minimum absolute atomic E-state index is 0.0182. The fourth-order valence-electron chi connectivity index (χ4n) is 6.30. The van der Waals surface area contributed by atoms with E-state index in [1.165, 1.54) is 23.8 Å². The van der Waals surface area contributed by atoms with E-state index in [-0.39, 0.29) is 16.3 Å². The zero-order valence-electron chi connectivity index (χ0n) is 18.1.